The third-order valence-electron chi connectivity index (χ3n) is 3.31. The molecule has 3 heteroatoms. The molecule has 0 aliphatic carbocycles. The largest absolute Gasteiger partial charge is 0.396 e. The minimum absolute atomic E-state index is 0.371. The SMILES string of the molecule is C[Si](C)(C)CC[Si](C)(C)CCCCCCO. The van der Waals surface area contributed by atoms with Gasteiger partial charge in [-0.3, -0.25) is 0 Å². The van der Waals surface area contributed by atoms with E-state index in [1.807, 2.05) is 0 Å². The third kappa shape index (κ3) is 10.9. The van der Waals surface area contributed by atoms with Crippen molar-refractivity contribution in [2.75, 3.05) is 6.61 Å². The molecule has 0 bridgehead atoms. The fourth-order valence-electron chi connectivity index (χ4n) is 1.91. The number of aliphatic hydroxyl groups is 1. The second-order valence-electron chi connectivity index (χ2n) is 7.11. The summed E-state index contributed by atoms with van der Waals surface area (Å²) in [6, 6.07) is 4.54. The average molecular weight is 261 g/mol. The van der Waals surface area contributed by atoms with Gasteiger partial charge in [-0.05, 0) is 6.42 Å². The third-order valence-corrected chi connectivity index (χ3v) is 8.87. The first-order valence-electron chi connectivity index (χ1n) is 6.88. The van der Waals surface area contributed by atoms with Crippen LogP contribution < -0.4 is 0 Å². The van der Waals surface area contributed by atoms with Crippen molar-refractivity contribution in [3.63, 3.8) is 0 Å². The van der Waals surface area contributed by atoms with Gasteiger partial charge in [0.15, 0.2) is 0 Å². The Bertz CT molecular complexity index is 173. The molecule has 16 heavy (non-hydrogen) atoms. The molecule has 1 N–H and O–H groups in total. The maximum atomic E-state index is 8.71. The van der Waals surface area contributed by atoms with E-state index in [1.165, 1.54) is 37.4 Å². The molecule has 0 aliphatic heterocycles. The molecule has 98 valence electrons. The van der Waals surface area contributed by atoms with E-state index in [0.717, 1.165) is 6.42 Å². The van der Waals surface area contributed by atoms with Gasteiger partial charge in [-0.15, -0.1) is 0 Å². The first-order valence-corrected chi connectivity index (χ1v) is 14.0. The van der Waals surface area contributed by atoms with Gasteiger partial charge in [0.1, 0.15) is 0 Å². The Balaban J connectivity index is 3.62. The van der Waals surface area contributed by atoms with E-state index in [-0.39, 0.29) is 0 Å². The lowest BCUT2D eigenvalue weighted by molar-refractivity contribution is 0.283. The quantitative estimate of drug-likeness (QED) is 0.475. The van der Waals surface area contributed by atoms with Crippen molar-refractivity contribution in [2.45, 2.75) is 76.6 Å². The van der Waals surface area contributed by atoms with Crippen LogP contribution in [0.2, 0.25) is 50.9 Å². The molecule has 0 atom stereocenters. The number of hydrogen-bond donors (Lipinski definition) is 1. The smallest absolute Gasteiger partial charge is 0.0470 e. The van der Waals surface area contributed by atoms with Gasteiger partial charge in [-0.25, -0.2) is 0 Å². The predicted molar refractivity (Wildman–Crippen MR) is 80.8 cm³/mol. The molecule has 0 unspecified atom stereocenters. The zero-order valence-electron chi connectivity index (χ0n) is 12.1. The summed E-state index contributed by atoms with van der Waals surface area (Å²) in [5.41, 5.74) is 0. The highest BCUT2D eigenvalue weighted by Crippen LogP contribution is 2.25. The summed E-state index contributed by atoms with van der Waals surface area (Å²) in [5.74, 6) is 0. The molecule has 0 aliphatic rings. The molecule has 0 amide bonds. The van der Waals surface area contributed by atoms with Gasteiger partial charge in [0.25, 0.3) is 0 Å². The molecule has 0 fully saturated rings. The molecule has 0 heterocycles. The molecular formula is C13H32OSi2. The van der Waals surface area contributed by atoms with Gasteiger partial charge in [-0.1, -0.05) is 70.1 Å². The van der Waals surface area contributed by atoms with E-state index < -0.39 is 16.1 Å². The second kappa shape index (κ2) is 7.67. The normalized spacial score (nSPS) is 13.1. The summed E-state index contributed by atoms with van der Waals surface area (Å²) < 4.78 is 0. The number of hydrogen-bond acceptors (Lipinski definition) is 1. The molecule has 0 radical (unpaired) electrons. The Morgan fingerprint density at radius 3 is 1.75 bits per heavy atom. The summed E-state index contributed by atoms with van der Waals surface area (Å²) >= 11 is 0. The van der Waals surface area contributed by atoms with E-state index in [2.05, 4.69) is 32.7 Å². The van der Waals surface area contributed by atoms with Crippen molar-refractivity contribution in [3.05, 3.63) is 0 Å². The summed E-state index contributed by atoms with van der Waals surface area (Å²) in [6.45, 7) is 12.9. The van der Waals surface area contributed by atoms with Crippen molar-refractivity contribution < 1.29 is 5.11 Å². The Labute approximate surface area is 105 Å². The monoisotopic (exact) mass is 260 g/mol. The first kappa shape index (κ1) is 16.4. The van der Waals surface area contributed by atoms with E-state index in [9.17, 15) is 0 Å². The fraction of sp³-hybridized carbons (Fsp3) is 1.00. The number of unbranched alkanes of at least 4 members (excludes halogenated alkanes) is 3. The van der Waals surface area contributed by atoms with Gasteiger partial charge >= 0.3 is 0 Å². The lowest BCUT2D eigenvalue weighted by atomic mass is 10.2. The van der Waals surface area contributed by atoms with Gasteiger partial charge < -0.3 is 5.11 Å². The molecular weight excluding hydrogens is 228 g/mol. The summed E-state index contributed by atoms with van der Waals surface area (Å²) in [6.07, 6.45) is 4.93. The molecule has 0 spiro atoms. The molecule has 0 rings (SSSR count). The minimum Gasteiger partial charge on any atom is -0.396 e. The van der Waals surface area contributed by atoms with Crippen LogP contribution in [0.4, 0.5) is 0 Å². The summed E-state index contributed by atoms with van der Waals surface area (Å²) in [4.78, 5) is 0. The zero-order chi connectivity index (χ0) is 12.7. The fourth-order valence-corrected chi connectivity index (χ4v) is 9.07. The first-order chi connectivity index (χ1) is 7.27. The van der Waals surface area contributed by atoms with Gasteiger partial charge in [0.2, 0.25) is 0 Å². The maximum Gasteiger partial charge on any atom is 0.0470 e. The van der Waals surface area contributed by atoms with E-state index in [0.29, 0.717) is 6.61 Å². The highest BCUT2D eigenvalue weighted by atomic mass is 28.3. The molecule has 0 aromatic rings. The Kier molecular flexibility index (Phi) is 7.86. The molecule has 0 saturated carbocycles. The molecule has 1 nitrogen and oxygen atoms in total. The molecule has 0 aromatic carbocycles. The Morgan fingerprint density at radius 1 is 0.688 bits per heavy atom. The van der Waals surface area contributed by atoms with Crippen molar-refractivity contribution in [1.82, 2.24) is 0 Å². The van der Waals surface area contributed by atoms with Crippen LogP contribution in [0, 0.1) is 0 Å². The van der Waals surface area contributed by atoms with Gasteiger partial charge in [0.05, 0.1) is 0 Å². The Morgan fingerprint density at radius 2 is 1.25 bits per heavy atom. The van der Waals surface area contributed by atoms with Crippen LogP contribution in [0.3, 0.4) is 0 Å². The van der Waals surface area contributed by atoms with E-state index >= 15 is 0 Å². The van der Waals surface area contributed by atoms with Crippen molar-refractivity contribution in [2.24, 2.45) is 0 Å². The van der Waals surface area contributed by atoms with Crippen LogP contribution in [0.1, 0.15) is 25.7 Å². The predicted octanol–water partition coefficient (Wildman–Crippen LogP) is 4.59. The van der Waals surface area contributed by atoms with Crippen molar-refractivity contribution in [3.8, 4) is 0 Å². The number of rotatable bonds is 9. The van der Waals surface area contributed by atoms with Crippen molar-refractivity contribution in [1.29, 1.82) is 0 Å². The highest BCUT2D eigenvalue weighted by molar-refractivity contribution is 6.82. The van der Waals surface area contributed by atoms with Gasteiger partial charge in [-0.2, -0.15) is 0 Å². The van der Waals surface area contributed by atoms with E-state index in [4.69, 9.17) is 5.11 Å². The lowest BCUT2D eigenvalue weighted by Crippen LogP contribution is -2.30. The van der Waals surface area contributed by atoms with Crippen LogP contribution in [0.25, 0.3) is 0 Å². The maximum absolute atomic E-state index is 8.71. The minimum atomic E-state index is -0.901. The Hall–Kier alpha value is 0.394. The van der Waals surface area contributed by atoms with E-state index in [1.54, 1.807) is 0 Å². The highest BCUT2D eigenvalue weighted by Gasteiger charge is 2.23. The van der Waals surface area contributed by atoms with Crippen LogP contribution >= 0.6 is 0 Å². The number of aliphatic hydroxyl groups excluding tert-OH is 1. The topological polar surface area (TPSA) is 20.2 Å². The van der Waals surface area contributed by atoms with Crippen LogP contribution in [-0.2, 0) is 0 Å². The second-order valence-corrected chi connectivity index (χ2v) is 18.1. The van der Waals surface area contributed by atoms with Gasteiger partial charge in [0, 0.05) is 22.8 Å². The van der Waals surface area contributed by atoms with Crippen LogP contribution in [0.5, 0.6) is 0 Å². The van der Waals surface area contributed by atoms with Crippen LogP contribution in [0.15, 0.2) is 0 Å². The average Bonchev–Trinajstić information content (AvgIpc) is 2.14. The summed E-state index contributed by atoms with van der Waals surface area (Å²) in [7, 11) is -1.73. The summed E-state index contributed by atoms with van der Waals surface area (Å²) in [5, 5.41) is 8.71. The van der Waals surface area contributed by atoms with Crippen LogP contribution in [-0.4, -0.2) is 27.9 Å². The molecule has 0 aromatic heterocycles. The van der Waals surface area contributed by atoms with Crippen molar-refractivity contribution >= 4 is 16.1 Å². The molecule has 0 saturated heterocycles. The standard InChI is InChI=1S/C13H32OSi2/c1-15(2,3)12-13-16(4,5)11-9-7-6-8-10-14/h14H,6-13H2,1-5H3. The lowest BCUT2D eigenvalue weighted by Gasteiger charge is -2.26. The zero-order valence-corrected chi connectivity index (χ0v) is 14.1.